The van der Waals surface area contributed by atoms with E-state index >= 15 is 0 Å². The first-order chi connectivity index (χ1) is 11.4. The second-order valence-electron chi connectivity index (χ2n) is 5.17. The van der Waals surface area contributed by atoms with Gasteiger partial charge in [-0.3, -0.25) is 10.1 Å². The Bertz CT molecular complexity index is 961. The number of hydrogen-bond donors (Lipinski definition) is 1. The number of methoxy groups -OCH3 is 1. The topological polar surface area (TPSA) is 73.2 Å². The first kappa shape index (κ1) is 16.5. The number of esters is 1. The lowest BCUT2D eigenvalue weighted by Gasteiger charge is -2.04. The summed E-state index contributed by atoms with van der Waals surface area (Å²) in [6, 6.07) is 7.22. The molecule has 1 amide bonds. The van der Waals surface area contributed by atoms with Crippen LogP contribution in [0.2, 0.25) is 5.02 Å². The van der Waals surface area contributed by atoms with Crippen molar-refractivity contribution in [1.82, 2.24) is 9.55 Å². The predicted molar refractivity (Wildman–Crippen MR) is 94.1 cm³/mol. The van der Waals surface area contributed by atoms with Crippen molar-refractivity contribution >= 4 is 50.8 Å². The molecule has 2 aromatic heterocycles. The summed E-state index contributed by atoms with van der Waals surface area (Å²) in [6.45, 7) is 1.69. The van der Waals surface area contributed by atoms with Gasteiger partial charge in [0.15, 0.2) is 5.13 Å². The largest absolute Gasteiger partial charge is 0.465 e. The summed E-state index contributed by atoms with van der Waals surface area (Å²) >= 11 is 7.09. The average Bonchev–Trinajstić information content (AvgIpc) is 3.07. The van der Waals surface area contributed by atoms with Gasteiger partial charge in [0.2, 0.25) is 0 Å². The van der Waals surface area contributed by atoms with Crippen LogP contribution in [-0.2, 0) is 11.8 Å². The number of benzene rings is 1. The van der Waals surface area contributed by atoms with Crippen molar-refractivity contribution in [1.29, 1.82) is 0 Å². The fraction of sp³-hybridized carbons (Fsp3) is 0.188. The van der Waals surface area contributed by atoms with Gasteiger partial charge in [-0.15, -0.1) is 0 Å². The Morgan fingerprint density at radius 1 is 1.33 bits per heavy atom. The molecule has 3 rings (SSSR count). The van der Waals surface area contributed by atoms with Crippen LogP contribution in [0.1, 0.15) is 25.9 Å². The highest BCUT2D eigenvalue weighted by atomic mass is 35.5. The van der Waals surface area contributed by atoms with Crippen LogP contribution >= 0.6 is 22.9 Å². The van der Waals surface area contributed by atoms with E-state index in [4.69, 9.17) is 16.3 Å². The maximum absolute atomic E-state index is 12.5. The molecule has 0 fully saturated rings. The Labute approximate surface area is 147 Å². The third-order valence-corrected chi connectivity index (χ3v) is 4.92. The fourth-order valence-corrected chi connectivity index (χ4v) is 3.46. The lowest BCUT2D eigenvalue weighted by atomic mass is 10.2. The van der Waals surface area contributed by atoms with Crippen molar-refractivity contribution < 1.29 is 14.3 Å². The van der Waals surface area contributed by atoms with E-state index in [1.807, 2.05) is 6.07 Å². The molecule has 0 saturated heterocycles. The monoisotopic (exact) mass is 363 g/mol. The number of hydrogen-bond acceptors (Lipinski definition) is 5. The number of amides is 1. The Balaban J connectivity index is 1.90. The molecule has 0 aliphatic rings. The second-order valence-corrected chi connectivity index (χ2v) is 6.61. The molecule has 0 saturated carbocycles. The maximum Gasteiger partial charge on any atom is 0.350 e. The maximum atomic E-state index is 12.5. The SMILES string of the molecule is COC(=O)c1sc(NC(=O)c2cc3ccc(Cl)cc3n2C)nc1C. The van der Waals surface area contributed by atoms with Gasteiger partial charge in [0, 0.05) is 23.0 Å². The summed E-state index contributed by atoms with van der Waals surface area (Å²) in [7, 11) is 3.10. The predicted octanol–water partition coefficient (Wildman–Crippen LogP) is 3.64. The second kappa shape index (κ2) is 6.26. The van der Waals surface area contributed by atoms with E-state index in [0.29, 0.717) is 26.4 Å². The van der Waals surface area contributed by atoms with Crippen LogP contribution in [0.15, 0.2) is 24.3 Å². The van der Waals surface area contributed by atoms with Gasteiger partial charge in [-0.25, -0.2) is 9.78 Å². The fourth-order valence-electron chi connectivity index (χ4n) is 2.41. The smallest absolute Gasteiger partial charge is 0.350 e. The molecule has 1 N–H and O–H groups in total. The van der Waals surface area contributed by atoms with Crippen molar-refractivity contribution in [3.63, 3.8) is 0 Å². The summed E-state index contributed by atoms with van der Waals surface area (Å²) in [6.07, 6.45) is 0. The van der Waals surface area contributed by atoms with Gasteiger partial charge in [-0.05, 0) is 25.1 Å². The molecule has 6 nitrogen and oxygen atoms in total. The minimum absolute atomic E-state index is 0.310. The highest BCUT2D eigenvalue weighted by Gasteiger charge is 2.19. The standard InChI is InChI=1S/C16H14ClN3O3S/c1-8-13(15(22)23-3)24-16(18-8)19-14(21)12-6-9-4-5-10(17)7-11(9)20(12)2/h4-7H,1-3H3,(H,18,19,21). The summed E-state index contributed by atoms with van der Waals surface area (Å²) < 4.78 is 6.45. The molecule has 0 aliphatic carbocycles. The van der Waals surface area contributed by atoms with E-state index in [2.05, 4.69) is 10.3 Å². The summed E-state index contributed by atoms with van der Waals surface area (Å²) in [5.41, 5.74) is 1.85. The van der Waals surface area contributed by atoms with Crippen molar-refractivity contribution in [3.8, 4) is 0 Å². The number of ether oxygens (including phenoxy) is 1. The number of thiazole rings is 1. The number of nitrogens with one attached hydrogen (secondary N) is 1. The molecule has 1 aromatic carbocycles. The molecule has 0 bridgehead atoms. The van der Waals surface area contributed by atoms with Gasteiger partial charge in [0.25, 0.3) is 5.91 Å². The number of rotatable bonds is 3. The highest BCUT2D eigenvalue weighted by Crippen LogP contribution is 2.26. The normalized spacial score (nSPS) is 10.8. The quantitative estimate of drug-likeness (QED) is 0.721. The van der Waals surface area contributed by atoms with Gasteiger partial charge in [0.1, 0.15) is 10.6 Å². The van der Waals surface area contributed by atoms with Crippen LogP contribution < -0.4 is 5.32 Å². The molecule has 24 heavy (non-hydrogen) atoms. The van der Waals surface area contributed by atoms with Crippen LogP contribution in [0, 0.1) is 6.92 Å². The lowest BCUT2D eigenvalue weighted by Crippen LogP contribution is -2.15. The third-order valence-electron chi connectivity index (χ3n) is 3.63. The molecular formula is C16H14ClN3O3S. The number of nitrogens with zero attached hydrogens (tertiary/aromatic N) is 2. The zero-order chi connectivity index (χ0) is 17.4. The van der Waals surface area contributed by atoms with E-state index in [0.717, 1.165) is 22.2 Å². The lowest BCUT2D eigenvalue weighted by molar-refractivity contribution is 0.0605. The highest BCUT2D eigenvalue weighted by molar-refractivity contribution is 7.17. The molecule has 0 aliphatic heterocycles. The number of aromatic nitrogens is 2. The molecule has 124 valence electrons. The summed E-state index contributed by atoms with van der Waals surface area (Å²) in [5.74, 6) is -0.778. The zero-order valence-electron chi connectivity index (χ0n) is 13.2. The Morgan fingerprint density at radius 2 is 2.08 bits per heavy atom. The third kappa shape index (κ3) is 2.88. The number of carbonyl (C=O) groups excluding carboxylic acids is 2. The summed E-state index contributed by atoms with van der Waals surface area (Å²) in [5, 5.41) is 4.59. The Morgan fingerprint density at radius 3 is 2.79 bits per heavy atom. The average molecular weight is 364 g/mol. The van der Waals surface area contributed by atoms with Crippen molar-refractivity contribution in [2.45, 2.75) is 6.92 Å². The van der Waals surface area contributed by atoms with E-state index in [1.165, 1.54) is 7.11 Å². The molecular weight excluding hydrogens is 350 g/mol. The van der Waals surface area contributed by atoms with Gasteiger partial charge < -0.3 is 9.30 Å². The number of aryl methyl sites for hydroxylation is 2. The van der Waals surface area contributed by atoms with Gasteiger partial charge in [-0.1, -0.05) is 29.0 Å². The van der Waals surface area contributed by atoms with Crippen LogP contribution in [0.5, 0.6) is 0 Å². The van der Waals surface area contributed by atoms with Gasteiger partial charge >= 0.3 is 5.97 Å². The van der Waals surface area contributed by atoms with Crippen molar-refractivity contribution in [2.24, 2.45) is 7.05 Å². The van der Waals surface area contributed by atoms with E-state index in [-0.39, 0.29) is 5.91 Å². The molecule has 0 spiro atoms. The molecule has 0 atom stereocenters. The van der Waals surface area contributed by atoms with Crippen LogP contribution in [-0.4, -0.2) is 28.5 Å². The minimum Gasteiger partial charge on any atom is -0.465 e. The molecule has 8 heteroatoms. The number of anilines is 1. The first-order valence-corrected chi connectivity index (χ1v) is 8.22. The van der Waals surface area contributed by atoms with Crippen molar-refractivity contribution in [3.05, 3.63) is 45.6 Å². The van der Waals surface area contributed by atoms with Gasteiger partial charge in [0.05, 0.1) is 12.8 Å². The molecule has 0 unspecified atom stereocenters. The van der Waals surface area contributed by atoms with E-state index in [9.17, 15) is 9.59 Å². The molecule has 3 aromatic rings. The minimum atomic E-state index is -0.468. The van der Waals surface area contributed by atoms with Crippen LogP contribution in [0.25, 0.3) is 10.9 Å². The van der Waals surface area contributed by atoms with Gasteiger partial charge in [-0.2, -0.15) is 0 Å². The summed E-state index contributed by atoms with van der Waals surface area (Å²) in [4.78, 5) is 28.7. The van der Waals surface area contributed by atoms with E-state index in [1.54, 1.807) is 36.7 Å². The van der Waals surface area contributed by atoms with Crippen LogP contribution in [0.4, 0.5) is 5.13 Å². The number of fused-ring (bicyclic) bond motifs is 1. The Kier molecular flexibility index (Phi) is 4.29. The first-order valence-electron chi connectivity index (χ1n) is 7.02. The zero-order valence-corrected chi connectivity index (χ0v) is 14.8. The van der Waals surface area contributed by atoms with Crippen molar-refractivity contribution in [2.75, 3.05) is 12.4 Å². The Hall–Kier alpha value is -2.38. The number of carbonyl (C=O) groups is 2. The number of halogens is 1. The molecule has 0 radical (unpaired) electrons. The molecule has 2 heterocycles. The van der Waals surface area contributed by atoms with E-state index < -0.39 is 5.97 Å². The van der Waals surface area contributed by atoms with Crippen LogP contribution in [0.3, 0.4) is 0 Å².